The standard InChI is InChI=1S/C19H32N3O8S/c1-15-14-18(25)22(19(15)26)5-2-16(23)20-4-7-28-9-11-30-13-12-29-10-8-27-6-3-17(24)21-31/h15H,2-14H2,1H3,(H2-,20,21,23,24,31)/q-1. The van der Waals surface area contributed by atoms with Crippen LogP contribution in [0.1, 0.15) is 26.2 Å². The minimum absolute atomic E-state index is 0.0855. The van der Waals surface area contributed by atoms with E-state index in [9.17, 15) is 19.2 Å². The molecule has 1 heterocycles. The van der Waals surface area contributed by atoms with Gasteiger partial charge in [-0.2, -0.15) is 0 Å². The van der Waals surface area contributed by atoms with Crippen molar-refractivity contribution in [2.75, 3.05) is 65.9 Å². The Morgan fingerprint density at radius 3 is 1.97 bits per heavy atom. The molecule has 4 amide bonds. The van der Waals surface area contributed by atoms with Crippen molar-refractivity contribution in [3.63, 3.8) is 0 Å². The van der Waals surface area contributed by atoms with Crippen molar-refractivity contribution >= 4 is 36.4 Å². The maximum absolute atomic E-state index is 11.8. The summed E-state index contributed by atoms with van der Waals surface area (Å²) in [7, 11) is 0. The number of hydrogen-bond donors (Lipinski definition) is 2. The third-order valence-corrected chi connectivity index (χ3v) is 4.53. The zero-order chi connectivity index (χ0) is 22.9. The summed E-state index contributed by atoms with van der Waals surface area (Å²) in [6.07, 6.45) is 0.535. The smallest absolute Gasteiger partial charge is 0.232 e. The van der Waals surface area contributed by atoms with Crippen LogP contribution in [0.25, 0.3) is 0 Å². The van der Waals surface area contributed by atoms with Crippen molar-refractivity contribution in [2.24, 2.45) is 5.92 Å². The second-order valence-corrected chi connectivity index (χ2v) is 7.02. The molecule has 0 aromatic carbocycles. The van der Waals surface area contributed by atoms with Gasteiger partial charge in [-0.3, -0.25) is 24.1 Å². The van der Waals surface area contributed by atoms with Crippen LogP contribution in [0, 0.1) is 5.92 Å². The molecule has 1 atom stereocenters. The van der Waals surface area contributed by atoms with E-state index < -0.39 is 0 Å². The number of amides is 4. The van der Waals surface area contributed by atoms with Crippen LogP contribution in [0.4, 0.5) is 0 Å². The van der Waals surface area contributed by atoms with Gasteiger partial charge in [0.05, 0.1) is 52.9 Å². The molecule has 1 aliphatic rings. The molecular formula is C19H32N3O8S-. The molecule has 2 N–H and O–H groups in total. The van der Waals surface area contributed by atoms with E-state index in [1.54, 1.807) is 6.92 Å². The van der Waals surface area contributed by atoms with Gasteiger partial charge >= 0.3 is 0 Å². The molecule has 1 saturated heterocycles. The summed E-state index contributed by atoms with van der Waals surface area (Å²) in [6.45, 7) is 5.25. The predicted molar refractivity (Wildman–Crippen MR) is 112 cm³/mol. The van der Waals surface area contributed by atoms with Crippen molar-refractivity contribution in [2.45, 2.75) is 26.2 Å². The van der Waals surface area contributed by atoms with Crippen LogP contribution in [-0.4, -0.2) is 94.5 Å². The molecule has 0 spiro atoms. The maximum atomic E-state index is 11.8. The lowest BCUT2D eigenvalue weighted by Crippen LogP contribution is -2.35. The first-order valence-corrected chi connectivity index (χ1v) is 10.7. The van der Waals surface area contributed by atoms with Gasteiger partial charge in [0.1, 0.15) is 0 Å². The fourth-order valence-corrected chi connectivity index (χ4v) is 2.73. The second kappa shape index (κ2) is 16.9. The van der Waals surface area contributed by atoms with Gasteiger partial charge in [-0.1, -0.05) is 6.92 Å². The summed E-state index contributed by atoms with van der Waals surface area (Å²) >= 11 is 4.38. The summed E-state index contributed by atoms with van der Waals surface area (Å²) in [4.78, 5) is 47.2. The number of carbonyl (C=O) groups is 4. The van der Waals surface area contributed by atoms with Gasteiger partial charge in [0.2, 0.25) is 17.7 Å². The van der Waals surface area contributed by atoms with E-state index in [-0.39, 0.29) is 55.4 Å². The van der Waals surface area contributed by atoms with Gasteiger partial charge in [0.25, 0.3) is 0 Å². The molecule has 0 aromatic rings. The molecule has 11 nitrogen and oxygen atoms in total. The third kappa shape index (κ3) is 12.7. The van der Waals surface area contributed by atoms with Crippen molar-refractivity contribution in [3.8, 4) is 0 Å². The van der Waals surface area contributed by atoms with Gasteiger partial charge in [-0.05, 0) is 0 Å². The average Bonchev–Trinajstić information content (AvgIpc) is 3.00. The molecule has 0 saturated carbocycles. The highest BCUT2D eigenvalue weighted by molar-refractivity contribution is 7.57. The van der Waals surface area contributed by atoms with E-state index in [2.05, 4.69) is 22.9 Å². The van der Waals surface area contributed by atoms with Crippen LogP contribution in [-0.2, 0) is 50.9 Å². The fourth-order valence-electron chi connectivity index (χ4n) is 2.63. The molecule has 1 rings (SSSR count). The lowest BCUT2D eigenvalue weighted by molar-refractivity contribution is -0.139. The SMILES string of the molecule is CC1CC(=O)N(CCC(=O)NCCOCCOCCOCCOCCC(=O)N[S-])C1=O. The van der Waals surface area contributed by atoms with Crippen LogP contribution in [0.3, 0.4) is 0 Å². The Labute approximate surface area is 188 Å². The Kier molecular flexibility index (Phi) is 14.9. The van der Waals surface area contributed by atoms with Gasteiger partial charge in [0.15, 0.2) is 5.91 Å². The zero-order valence-corrected chi connectivity index (χ0v) is 18.7. The van der Waals surface area contributed by atoms with Crippen LogP contribution in [0.5, 0.6) is 0 Å². The van der Waals surface area contributed by atoms with Crippen molar-refractivity contribution in [1.29, 1.82) is 0 Å². The zero-order valence-electron chi connectivity index (χ0n) is 17.9. The lowest BCUT2D eigenvalue weighted by atomic mass is 10.1. The number of hydrogen-bond acceptors (Lipinski definition) is 9. The van der Waals surface area contributed by atoms with Crippen molar-refractivity contribution in [3.05, 3.63) is 0 Å². The molecule has 0 radical (unpaired) electrons. The van der Waals surface area contributed by atoms with Gasteiger partial charge < -0.3 is 41.8 Å². The first-order valence-electron chi connectivity index (χ1n) is 10.3. The quantitative estimate of drug-likeness (QED) is 0.148. The summed E-state index contributed by atoms with van der Waals surface area (Å²) < 4.78 is 23.3. The van der Waals surface area contributed by atoms with Gasteiger partial charge in [-0.25, -0.2) is 0 Å². The fraction of sp³-hybridized carbons (Fsp3) is 0.789. The van der Waals surface area contributed by atoms with Crippen molar-refractivity contribution < 1.29 is 38.1 Å². The number of ether oxygens (including phenoxy) is 4. The lowest BCUT2D eigenvalue weighted by Gasteiger charge is -2.14. The molecular weight excluding hydrogens is 430 g/mol. The van der Waals surface area contributed by atoms with E-state index in [0.717, 1.165) is 4.90 Å². The highest BCUT2D eigenvalue weighted by Gasteiger charge is 2.35. The molecule has 31 heavy (non-hydrogen) atoms. The van der Waals surface area contributed by atoms with Crippen LogP contribution >= 0.6 is 0 Å². The number of imide groups is 1. The van der Waals surface area contributed by atoms with Gasteiger partial charge in [0, 0.05) is 38.3 Å². The maximum Gasteiger partial charge on any atom is 0.232 e. The van der Waals surface area contributed by atoms with Crippen LogP contribution in [0.15, 0.2) is 0 Å². The molecule has 12 heteroatoms. The number of carbonyl (C=O) groups excluding carboxylic acids is 4. The summed E-state index contributed by atoms with van der Waals surface area (Å²) in [5.74, 6) is -1.20. The largest absolute Gasteiger partial charge is 0.668 e. The van der Waals surface area contributed by atoms with Crippen molar-refractivity contribution in [1.82, 2.24) is 14.9 Å². The minimum Gasteiger partial charge on any atom is -0.668 e. The Hall–Kier alpha value is -1.73. The third-order valence-electron chi connectivity index (χ3n) is 4.30. The second-order valence-electron chi connectivity index (χ2n) is 6.81. The molecule has 0 aliphatic carbocycles. The summed E-state index contributed by atoms with van der Waals surface area (Å²) in [6, 6.07) is 0. The van der Waals surface area contributed by atoms with E-state index >= 15 is 0 Å². The number of rotatable bonds is 18. The predicted octanol–water partition coefficient (Wildman–Crippen LogP) is -1.08. The van der Waals surface area contributed by atoms with Crippen LogP contribution < -0.4 is 10.0 Å². The molecule has 1 fully saturated rings. The summed E-state index contributed by atoms with van der Waals surface area (Å²) in [5.41, 5.74) is 0. The van der Waals surface area contributed by atoms with E-state index in [1.807, 2.05) is 0 Å². The Bertz CT molecular complexity index is 578. The van der Waals surface area contributed by atoms with E-state index in [1.165, 1.54) is 0 Å². The first kappa shape index (κ1) is 27.3. The van der Waals surface area contributed by atoms with E-state index in [0.29, 0.717) is 59.4 Å². The molecule has 0 bridgehead atoms. The summed E-state index contributed by atoms with van der Waals surface area (Å²) in [5, 5.41) is 2.68. The first-order chi connectivity index (χ1) is 15.0. The Balaban J connectivity index is 1.82. The Morgan fingerprint density at radius 2 is 1.45 bits per heavy atom. The molecule has 1 unspecified atom stereocenters. The Morgan fingerprint density at radius 1 is 0.903 bits per heavy atom. The average molecular weight is 463 g/mol. The molecule has 1 aliphatic heterocycles. The minimum atomic E-state index is -0.296. The topological polar surface area (TPSA) is 132 Å². The monoisotopic (exact) mass is 462 g/mol. The normalized spacial score (nSPS) is 16.1. The highest BCUT2D eigenvalue weighted by atomic mass is 32.1. The molecule has 178 valence electrons. The van der Waals surface area contributed by atoms with Gasteiger partial charge in [-0.15, -0.1) is 0 Å². The van der Waals surface area contributed by atoms with E-state index in [4.69, 9.17) is 18.9 Å². The van der Waals surface area contributed by atoms with Crippen LogP contribution in [0.2, 0.25) is 0 Å². The molecule has 0 aromatic heterocycles. The number of nitrogens with zero attached hydrogens (tertiary/aromatic N) is 1. The number of nitrogens with one attached hydrogen (secondary N) is 2. The number of likely N-dealkylation sites (tertiary alicyclic amines) is 1. The highest BCUT2D eigenvalue weighted by Crippen LogP contribution is 2.18.